The van der Waals surface area contributed by atoms with Crippen LogP contribution in [0.5, 0.6) is 0 Å². The van der Waals surface area contributed by atoms with E-state index in [-0.39, 0.29) is 11.3 Å². The van der Waals surface area contributed by atoms with Gasteiger partial charge in [-0.05, 0) is 62.8 Å². The molecular formula is C23H44N6O. The lowest BCUT2D eigenvalue weighted by molar-refractivity contribution is -0.130. The van der Waals surface area contributed by atoms with Crippen LogP contribution in [-0.4, -0.2) is 72.5 Å². The van der Waals surface area contributed by atoms with Gasteiger partial charge in [-0.25, -0.2) is 5.01 Å². The van der Waals surface area contributed by atoms with Crippen molar-refractivity contribution in [2.45, 2.75) is 109 Å². The van der Waals surface area contributed by atoms with Gasteiger partial charge in [0.1, 0.15) is 0 Å². The summed E-state index contributed by atoms with van der Waals surface area (Å²) in [5, 5.41) is 13.8. The van der Waals surface area contributed by atoms with Gasteiger partial charge in [-0.15, -0.1) is 0 Å². The first-order valence-electron chi connectivity index (χ1n) is 12.2. The molecule has 7 heteroatoms. The van der Waals surface area contributed by atoms with E-state index in [1.54, 1.807) is 6.92 Å². The summed E-state index contributed by atoms with van der Waals surface area (Å²) < 4.78 is 0. The second kappa shape index (κ2) is 9.02. The molecule has 7 atom stereocenters. The van der Waals surface area contributed by atoms with Crippen molar-refractivity contribution in [2.75, 3.05) is 20.1 Å². The summed E-state index contributed by atoms with van der Waals surface area (Å²) in [5.74, 6) is 0.946. The molecule has 7 unspecified atom stereocenters. The van der Waals surface area contributed by atoms with Crippen LogP contribution in [0.4, 0.5) is 0 Å². The molecule has 3 saturated heterocycles. The first-order valence-corrected chi connectivity index (χ1v) is 12.2. The number of piperidine rings is 1. The molecule has 4 fully saturated rings. The molecule has 172 valence electrons. The van der Waals surface area contributed by atoms with Gasteiger partial charge < -0.3 is 10.2 Å². The van der Waals surface area contributed by atoms with E-state index in [1.165, 1.54) is 25.7 Å². The zero-order chi connectivity index (χ0) is 21.5. The van der Waals surface area contributed by atoms with Gasteiger partial charge in [-0.3, -0.25) is 20.9 Å². The molecule has 0 aromatic heterocycles. The van der Waals surface area contributed by atoms with Gasteiger partial charge in [-0.1, -0.05) is 20.8 Å². The summed E-state index contributed by atoms with van der Waals surface area (Å²) in [6, 6.07) is 2.14. The molecule has 7 nitrogen and oxygen atoms in total. The predicted molar refractivity (Wildman–Crippen MR) is 121 cm³/mol. The Balaban J connectivity index is 1.25. The SMILES string of the molecule is CC(=O)N1CCC2CC(NC3CC(NC4CC(C(C)(C)C)NN4C)CCN3)CCC21. The number of rotatable bonds is 4. The van der Waals surface area contributed by atoms with Gasteiger partial charge in [0.25, 0.3) is 0 Å². The minimum atomic E-state index is 0.261. The standard InChI is InChI=1S/C23H44N6O/c1-15(30)29-11-9-16-12-17(6-7-19(16)29)25-21-13-18(8-10-24-21)26-22-14-20(23(2,3)4)27-28(22)5/h16-22,24-27H,6-14H2,1-5H3. The van der Waals surface area contributed by atoms with Crippen LogP contribution in [-0.2, 0) is 4.79 Å². The van der Waals surface area contributed by atoms with E-state index in [0.29, 0.717) is 42.4 Å². The number of hydrazine groups is 1. The van der Waals surface area contributed by atoms with Crippen LogP contribution < -0.4 is 21.4 Å². The molecule has 0 radical (unpaired) electrons. The molecule has 3 aliphatic heterocycles. The number of fused-ring (bicyclic) bond motifs is 1. The van der Waals surface area contributed by atoms with Gasteiger partial charge in [-0.2, -0.15) is 0 Å². The van der Waals surface area contributed by atoms with Crippen LogP contribution in [0.25, 0.3) is 0 Å². The van der Waals surface area contributed by atoms with E-state index >= 15 is 0 Å². The highest BCUT2D eigenvalue weighted by Gasteiger charge is 2.41. The van der Waals surface area contributed by atoms with Crippen molar-refractivity contribution >= 4 is 5.91 Å². The third-order valence-electron chi connectivity index (χ3n) is 8.09. The Bertz CT molecular complexity index is 607. The zero-order valence-corrected chi connectivity index (χ0v) is 19.7. The van der Waals surface area contributed by atoms with Crippen molar-refractivity contribution in [3.05, 3.63) is 0 Å². The van der Waals surface area contributed by atoms with Gasteiger partial charge in [0.15, 0.2) is 0 Å². The third kappa shape index (κ3) is 5.01. The molecule has 4 aliphatic rings. The van der Waals surface area contributed by atoms with E-state index in [1.807, 2.05) is 0 Å². The molecule has 0 bridgehead atoms. The average Bonchev–Trinajstić information content (AvgIpc) is 3.25. The van der Waals surface area contributed by atoms with Crippen molar-refractivity contribution in [3.8, 4) is 0 Å². The number of hydrogen-bond acceptors (Lipinski definition) is 6. The van der Waals surface area contributed by atoms with E-state index in [2.05, 4.69) is 59.1 Å². The van der Waals surface area contributed by atoms with E-state index in [9.17, 15) is 4.79 Å². The number of carbonyl (C=O) groups excluding carboxylic acids is 1. The lowest BCUT2D eigenvalue weighted by atomic mass is 9.81. The molecule has 30 heavy (non-hydrogen) atoms. The second-order valence-corrected chi connectivity index (χ2v) is 11.3. The monoisotopic (exact) mass is 420 g/mol. The molecule has 4 N–H and O–H groups in total. The van der Waals surface area contributed by atoms with Crippen LogP contribution in [0, 0.1) is 11.3 Å². The van der Waals surface area contributed by atoms with Crippen LogP contribution in [0.15, 0.2) is 0 Å². The topological polar surface area (TPSA) is 71.7 Å². The zero-order valence-electron chi connectivity index (χ0n) is 19.7. The molecule has 0 spiro atoms. The van der Waals surface area contributed by atoms with Crippen LogP contribution in [0.1, 0.15) is 72.6 Å². The van der Waals surface area contributed by atoms with Crippen molar-refractivity contribution in [3.63, 3.8) is 0 Å². The van der Waals surface area contributed by atoms with Crippen LogP contribution in [0.2, 0.25) is 0 Å². The van der Waals surface area contributed by atoms with Crippen LogP contribution >= 0.6 is 0 Å². The quantitative estimate of drug-likeness (QED) is 0.554. The van der Waals surface area contributed by atoms with E-state index < -0.39 is 0 Å². The Morgan fingerprint density at radius 2 is 1.77 bits per heavy atom. The number of amides is 1. The number of nitrogens with one attached hydrogen (secondary N) is 4. The third-order valence-corrected chi connectivity index (χ3v) is 8.09. The second-order valence-electron chi connectivity index (χ2n) is 11.3. The molecular weight excluding hydrogens is 376 g/mol. The highest BCUT2D eigenvalue weighted by molar-refractivity contribution is 5.74. The molecule has 0 aromatic carbocycles. The minimum Gasteiger partial charge on any atom is -0.340 e. The summed E-state index contributed by atoms with van der Waals surface area (Å²) in [6.45, 7) is 10.7. The number of nitrogens with zero attached hydrogens (tertiary/aromatic N) is 2. The summed E-state index contributed by atoms with van der Waals surface area (Å²) in [7, 11) is 2.17. The molecule has 1 aliphatic carbocycles. The maximum absolute atomic E-state index is 11.9. The number of carbonyl (C=O) groups is 1. The van der Waals surface area contributed by atoms with Crippen molar-refractivity contribution in [1.82, 2.24) is 31.3 Å². The number of likely N-dealkylation sites (tertiary alicyclic amines) is 1. The summed E-state index contributed by atoms with van der Waals surface area (Å²) in [4.78, 5) is 14.0. The van der Waals surface area contributed by atoms with Gasteiger partial charge in [0, 0.05) is 44.7 Å². The molecule has 1 amide bonds. The lowest BCUT2D eigenvalue weighted by Crippen LogP contribution is -2.58. The molecule has 1 saturated carbocycles. The normalized spacial score (nSPS) is 40.6. The number of hydrogen-bond donors (Lipinski definition) is 4. The Morgan fingerprint density at radius 1 is 1.00 bits per heavy atom. The Morgan fingerprint density at radius 3 is 2.47 bits per heavy atom. The largest absolute Gasteiger partial charge is 0.340 e. The Labute approximate surface area is 183 Å². The highest BCUT2D eigenvalue weighted by Crippen LogP contribution is 2.36. The average molecular weight is 421 g/mol. The van der Waals surface area contributed by atoms with E-state index in [0.717, 1.165) is 32.4 Å². The van der Waals surface area contributed by atoms with Crippen molar-refractivity contribution in [1.29, 1.82) is 0 Å². The minimum absolute atomic E-state index is 0.261. The summed E-state index contributed by atoms with van der Waals surface area (Å²) >= 11 is 0. The fourth-order valence-electron chi connectivity index (χ4n) is 6.23. The Hall–Kier alpha value is -0.730. The molecule has 0 aromatic rings. The first kappa shape index (κ1) is 22.5. The van der Waals surface area contributed by atoms with E-state index in [4.69, 9.17) is 0 Å². The predicted octanol–water partition coefficient (Wildman–Crippen LogP) is 1.61. The molecule has 3 heterocycles. The van der Waals surface area contributed by atoms with Gasteiger partial charge >= 0.3 is 0 Å². The summed E-state index contributed by atoms with van der Waals surface area (Å²) in [6.07, 6.45) is 9.01. The maximum Gasteiger partial charge on any atom is 0.219 e. The maximum atomic E-state index is 11.9. The Kier molecular flexibility index (Phi) is 6.76. The first-order chi connectivity index (χ1) is 14.2. The smallest absolute Gasteiger partial charge is 0.219 e. The van der Waals surface area contributed by atoms with Gasteiger partial charge in [0.2, 0.25) is 5.91 Å². The fourth-order valence-corrected chi connectivity index (χ4v) is 6.23. The molecule has 4 rings (SSSR count). The van der Waals surface area contributed by atoms with Crippen molar-refractivity contribution in [2.24, 2.45) is 11.3 Å². The lowest BCUT2D eigenvalue weighted by Gasteiger charge is -2.40. The summed E-state index contributed by atoms with van der Waals surface area (Å²) in [5.41, 5.74) is 3.93. The highest BCUT2D eigenvalue weighted by atomic mass is 16.2. The van der Waals surface area contributed by atoms with Gasteiger partial charge in [0.05, 0.1) is 12.3 Å². The van der Waals surface area contributed by atoms with Crippen molar-refractivity contribution < 1.29 is 4.79 Å². The van der Waals surface area contributed by atoms with Crippen LogP contribution in [0.3, 0.4) is 0 Å². The fraction of sp³-hybridized carbons (Fsp3) is 0.957.